The minimum Gasteiger partial charge on any atom is -0.370 e. The van der Waals surface area contributed by atoms with E-state index in [1.165, 1.54) is 0 Å². The molecule has 1 aliphatic heterocycles. The second kappa shape index (κ2) is 21.2. The number of rotatable bonds is 20. The summed E-state index contributed by atoms with van der Waals surface area (Å²) in [7, 11) is 1.89. The van der Waals surface area contributed by atoms with Crippen molar-refractivity contribution in [3.8, 4) is 0 Å². The third-order valence-electron chi connectivity index (χ3n) is 9.44. The molecule has 1 saturated heterocycles. The zero-order valence-corrected chi connectivity index (χ0v) is 30.2. The maximum absolute atomic E-state index is 14.1. The summed E-state index contributed by atoms with van der Waals surface area (Å²) < 4.78 is 0. The molecular formula is C39H59N7O4. The van der Waals surface area contributed by atoms with Crippen LogP contribution < -0.4 is 22.1 Å². The Balaban J connectivity index is 1.78. The van der Waals surface area contributed by atoms with E-state index in [1.807, 2.05) is 81.6 Å². The molecule has 0 saturated carbocycles. The predicted molar refractivity (Wildman–Crippen MR) is 198 cm³/mol. The molecule has 0 radical (unpaired) electrons. The highest BCUT2D eigenvalue weighted by Crippen LogP contribution is 2.22. The van der Waals surface area contributed by atoms with Crippen LogP contribution in [0.15, 0.2) is 60.7 Å². The first-order chi connectivity index (χ1) is 24.0. The van der Waals surface area contributed by atoms with Crippen molar-refractivity contribution in [2.24, 2.45) is 29.2 Å². The lowest BCUT2D eigenvalue weighted by atomic mass is 9.87. The maximum Gasteiger partial charge on any atom is 0.226 e. The van der Waals surface area contributed by atoms with Gasteiger partial charge in [-0.1, -0.05) is 80.9 Å². The van der Waals surface area contributed by atoms with Gasteiger partial charge in [0.1, 0.15) is 0 Å². The van der Waals surface area contributed by atoms with Crippen molar-refractivity contribution in [2.75, 3.05) is 39.8 Å². The Morgan fingerprint density at radius 1 is 0.800 bits per heavy atom. The molecule has 2 aromatic carbocycles. The number of unbranched alkanes of at least 4 members (excludes halogenated alkanes) is 1. The highest BCUT2D eigenvalue weighted by atomic mass is 16.2. The summed E-state index contributed by atoms with van der Waals surface area (Å²) in [5, 5.41) is 14.0. The van der Waals surface area contributed by atoms with Crippen LogP contribution in [0.1, 0.15) is 69.9 Å². The highest BCUT2D eigenvalue weighted by Gasteiger charge is 2.33. The first-order valence-electron chi connectivity index (χ1n) is 18.2. The van der Waals surface area contributed by atoms with Gasteiger partial charge < -0.3 is 31.9 Å². The average Bonchev–Trinajstić information content (AvgIpc) is 3.36. The standard InChI is InChI=1S/C39H59N7O4/c1-28(2)23-34(36(48)26-31(17-10-11-18-43-3)38(50)45-19-12-20-46(22-21-45)39(41)42)44-37(49)32(24-29-13-6-4-7-14-29)27-35(47)33(40)25-30-15-8-5-9-16-30/h4-9,13-16,28,31-34,43H,10-12,17-27,40H2,1-3H3,(H3,41,42)(H,44,49)/t31-,32-,33+,34+/m0/s1. The van der Waals surface area contributed by atoms with Gasteiger partial charge in [0.15, 0.2) is 17.5 Å². The van der Waals surface area contributed by atoms with Gasteiger partial charge in [-0.25, -0.2) is 0 Å². The van der Waals surface area contributed by atoms with Gasteiger partial charge in [-0.15, -0.1) is 0 Å². The van der Waals surface area contributed by atoms with E-state index in [2.05, 4.69) is 10.6 Å². The normalized spacial score (nSPS) is 15.9. The fraction of sp³-hybridized carbons (Fsp3) is 0.564. The summed E-state index contributed by atoms with van der Waals surface area (Å²) in [6.07, 6.45) is 4.01. The summed E-state index contributed by atoms with van der Waals surface area (Å²) in [6, 6.07) is 17.6. The van der Waals surface area contributed by atoms with E-state index >= 15 is 0 Å². The number of hydrogen-bond donors (Lipinski definition) is 5. The molecule has 1 heterocycles. The monoisotopic (exact) mass is 689 g/mol. The van der Waals surface area contributed by atoms with Gasteiger partial charge in [0.25, 0.3) is 0 Å². The lowest BCUT2D eigenvalue weighted by molar-refractivity contribution is -0.139. The molecule has 7 N–H and O–H groups in total. The molecule has 1 aliphatic rings. The Kier molecular flexibility index (Phi) is 17.1. The van der Waals surface area contributed by atoms with Gasteiger partial charge in [-0.05, 0) is 69.2 Å². The number of benzene rings is 2. The summed E-state index contributed by atoms with van der Waals surface area (Å²) in [6.45, 7) is 6.87. The van der Waals surface area contributed by atoms with Crippen LogP contribution in [-0.2, 0) is 32.0 Å². The molecule has 0 bridgehead atoms. The van der Waals surface area contributed by atoms with Gasteiger partial charge in [0, 0.05) is 50.9 Å². The van der Waals surface area contributed by atoms with Gasteiger partial charge in [0.05, 0.1) is 12.1 Å². The van der Waals surface area contributed by atoms with E-state index < -0.39 is 23.9 Å². The van der Waals surface area contributed by atoms with E-state index in [0.29, 0.717) is 58.3 Å². The Hall–Kier alpha value is -4.09. The quantitative estimate of drug-likeness (QED) is 0.0800. The van der Waals surface area contributed by atoms with Crippen LogP contribution in [0, 0.1) is 23.2 Å². The third kappa shape index (κ3) is 13.7. The van der Waals surface area contributed by atoms with Crippen LogP contribution >= 0.6 is 0 Å². The smallest absolute Gasteiger partial charge is 0.226 e. The fourth-order valence-corrected chi connectivity index (χ4v) is 6.59. The van der Waals surface area contributed by atoms with Crippen LogP contribution in [0.3, 0.4) is 0 Å². The number of nitrogens with one attached hydrogen (secondary N) is 3. The van der Waals surface area contributed by atoms with E-state index in [0.717, 1.165) is 30.5 Å². The molecule has 0 spiro atoms. The Bertz CT molecular complexity index is 1370. The second-order valence-corrected chi connectivity index (χ2v) is 14.1. The van der Waals surface area contributed by atoms with Crippen molar-refractivity contribution in [1.29, 1.82) is 5.41 Å². The minimum atomic E-state index is -0.793. The SMILES string of the molecule is CNCCCC[C@@H](CC(=O)[C@@H](CC(C)C)NC(=O)[C@H](CC(=O)[C@H](N)Cc1ccccc1)Cc1ccccc1)C(=O)N1CCCN(C(=N)N)CC1. The van der Waals surface area contributed by atoms with Crippen molar-refractivity contribution in [3.05, 3.63) is 71.8 Å². The average molecular weight is 690 g/mol. The predicted octanol–water partition coefficient (Wildman–Crippen LogP) is 3.30. The third-order valence-corrected chi connectivity index (χ3v) is 9.44. The molecule has 50 heavy (non-hydrogen) atoms. The zero-order chi connectivity index (χ0) is 36.5. The van der Waals surface area contributed by atoms with Gasteiger partial charge in [0.2, 0.25) is 11.8 Å². The Morgan fingerprint density at radius 2 is 1.38 bits per heavy atom. The van der Waals surface area contributed by atoms with Gasteiger partial charge in [-0.2, -0.15) is 0 Å². The summed E-state index contributed by atoms with van der Waals surface area (Å²) in [5.74, 6) is -1.94. The molecule has 3 rings (SSSR count). The number of guanidine groups is 1. The topological polar surface area (TPSA) is 175 Å². The highest BCUT2D eigenvalue weighted by molar-refractivity contribution is 5.94. The van der Waals surface area contributed by atoms with Crippen molar-refractivity contribution in [1.82, 2.24) is 20.4 Å². The summed E-state index contributed by atoms with van der Waals surface area (Å²) in [4.78, 5) is 59.0. The number of amides is 2. The van der Waals surface area contributed by atoms with Crippen LogP contribution in [0.5, 0.6) is 0 Å². The second-order valence-electron chi connectivity index (χ2n) is 14.1. The largest absolute Gasteiger partial charge is 0.370 e. The number of ketones is 2. The fourth-order valence-electron chi connectivity index (χ4n) is 6.59. The number of hydrogen-bond acceptors (Lipinski definition) is 7. The number of Topliss-reactive ketones (excluding diaryl/α,β-unsaturated/α-hetero) is 2. The van der Waals surface area contributed by atoms with Crippen molar-refractivity contribution < 1.29 is 19.2 Å². The van der Waals surface area contributed by atoms with E-state index in [1.54, 1.807) is 9.80 Å². The first kappa shape index (κ1) is 40.3. The minimum absolute atomic E-state index is 0.00388. The maximum atomic E-state index is 14.1. The van der Waals surface area contributed by atoms with Crippen LogP contribution in [-0.4, -0.2) is 91.0 Å². The molecular weight excluding hydrogens is 630 g/mol. The van der Waals surface area contributed by atoms with Gasteiger partial charge in [-0.3, -0.25) is 24.6 Å². The number of carbonyl (C=O) groups excluding carboxylic acids is 4. The zero-order valence-electron chi connectivity index (χ0n) is 30.2. The van der Waals surface area contributed by atoms with Crippen LogP contribution in [0.4, 0.5) is 0 Å². The molecule has 2 aromatic rings. The van der Waals surface area contributed by atoms with E-state index in [-0.39, 0.29) is 48.1 Å². The molecule has 0 unspecified atom stereocenters. The molecule has 274 valence electrons. The van der Waals surface area contributed by atoms with Crippen LogP contribution in [0.25, 0.3) is 0 Å². The van der Waals surface area contributed by atoms with Gasteiger partial charge >= 0.3 is 0 Å². The van der Waals surface area contributed by atoms with Crippen molar-refractivity contribution >= 4 is 29.3 Å². The summed E-state index contributed by atoms with van der Waals surface area (Å²) in [5.41, 5.74) is 13.9. The first-order valence-corrected chi connectivity index (χ1v) is 18.2. The molecule has 11 heteroatoms. The Labute approximate surface area is 298 Å². The Morgan fingerprint density at radius 3 is 1.98 bits per heavy atom. The van der Waals surface area contributed by atoms with E-state index in [9.17, 15) is 19.2 Å². The van der Waals surface area contributed by atoms with Crippen molar-refractivity contribution in [2.45, 2.75) is 83.7 Å². The molecule has 0 aliphatic carbocycles. The number of carbonyl (C=O) groups is 4. The number of nitrogens with zero attached hydrogens (tertiary/aromatic N) is 2. The van der Waals surface area contributed by atoms with Crippen LogP contribution in [0.2, 0.25) is 0 Å². The lowest BCUT2D eigenvalue weighted by Crippen LogP contribution is -2.47. The molecule has 1 fully saturated rings. The van der Waals surface area contributed by atoms with Crippen molar-refractivity contribution in [3.63, 3.8) is 0 Å². The molecule has 0 aromatic heterocycles. The summed E-state index contributed by atoms with van der Waals surface area (Å²) >= 11 is 0. The number of nitrogens with two attached hydrogens (primary N) is 2. The van der Waals surface area contributed by atoms with E-state index in [4.69, 9.17) is 16.9 Å². The molecule has 4 atom stereocenters. The molecule has 2 amide bonds. The lowest BCUT2D eigenvalue weighted by Gasteiger charge is -2.28. The molecule has 11 nitrogen and oxygen atoms in total.